The number of hydrogen-bond donors (Lipinski definition) is 3. The molecule has 0 bridgehead atoms. The summed E-state index contributed by atoms with van der Waals surface area (Å²) in [5.74, 6) is 0.849. The highest BCUT2D eigenvalue weighted by molar-refractivity contribution is 7.89. The summed E-state index contributed by atoms with van der Waals surface area (Å²) in [6, 6.07) is 6.36. The van der Waals surface area contributed by atoms with Gasteiger partial charge < -0.3 is 5.32 Å². The van der Waals surface area contributed by atoms with Gasteiger partial charge in [-0.25, -0.2) is 8.42 Å². The third kappa shape index (κ3) is 6.17. The molecule has 1 aliphatic heterocycles. The Morgan fingerprint density at radius 3 is 2.23 bits per heavy atom. The number of carbonyl (C=O) groups excluding carboxylic acids is 1. The van der Waals surface area contributed by atoms with Crippen molar-refractivity contribution in [2.24, 2.45) is 17.8 Å². The van der Waals surface area contributed by atoms with Gasteiger partial charge in [-0.15, -0.1) is 0 Å². The van der Waals surface area contributed by atoms with Crippen molar-refractivity contribution in [1.82, 2.24) is 20.5 Å². The Labute approximate surface area is 191 Å². The number of sulfonamides is 1. The molecule has 3 N–H and O–H groups in total. The number of nitrogens with one attached hydrogen (secondary N) is 3. The van der Waals surface area contributed by atoms with Crippen LogP contribution in [0.3, 0.4) is 0 Å². The summed E-state index contributed by atoms with van der Waals surface area (Å²) in [6.45, 7) is 7.42. The van der Waals surface area contributed by atoms with Crippen LogP contribution in [-0.4, -0.2) is 42.9 Å². The number of benzene rings is 1. The van der Waals surface area contributed by atoms with Crippen LogP contribution in [0.25, 0.3) is 0 Å². The van der Waals surface area contributed by atoms with E-state index in [1.807, 2.05) is 0 Å². The second-order valence-electron chi connectivity index (χ2n) is 9.21. The largest absolute Gasteiger partial charge is 0.358 e. The maximum absolute atomic E-state index is 13.0. The zero-order valence-corrected chi connectivity index (χ0v) is 20.2. The lowest BCUT2D eigenvalue weighted by Crippen LogP contribution is -2.51. The fourth-order valence-corrected chi connectivity index (χ4v) is 6.53. The van der Waals surface area contributed by atoms with Gasteiger partial charge >= 0.3 is 0 Å². The van der Waals surface area contributed by atoms with Crippen molar-refractivity contribution in [3.63, 3.8) is 0 Å². The third-order valence-electron chi connectivity index (χ3n) is 6.31. The fraction of sp³-hybridized carbons (Fsp3) is 0.636. The van der Waals surface area contributed by atoms with E-state index in [1.54, 1.807) is 4.31 Å². The number of thiocarbonyl (C=S) groups is 1. The van der Waals surface area contributed by atoms with E-state index in [0.717, 1.165) is 12.8 Å². The zero-order valence-electron chi connectivity index (χ0n) is 18.6. The molecule has 1 saturated carbocycles. The van der Waals surface area contributed by atoms with E-state index in [1.165, 1.54) is 43.5 Å². The van der Waals surface area contributed by atoms with Gasteiger partial charge in [-0.05, 0) is 73.5 Å². The average Bonchev–Trinajstić information content (AvgIpc) is 2.73. The molecule has 0 spiro atoms. The Kier molecular flexibility index (Phi) is 7.93. The molecule has 0 radical (unpaired) electrons. The molecule has 0 aromatic heterocycles. The van der Waals surface area contributed by atoms with Crippen molar-refractivity contribution >= 4 is 33.3 Å². The number of hydrogen-bond acceptors (Lipinski definition) is 4. The highest BCUT2D eigenvalue weighted by Crippen LogP contribution is 2.27. The molecule has 1 aliphatic carbocycles. The Morgan fingerprint density at radius 1 is 1.00 bits per heavy atom. The van der Waals surface area contributed by atoms with Crippen LogP contribution >= 0.6 is 12.2 Å². The Bertz CT molecular complexity index is 879. The second kappa shape index (κ2) is 10.3. The predicted molar refractivity (Wildman–Crippen MR) is 126 cm³/mol. The van der Waals surface area contributed by atoms with E-state index in [4.69, 9.17) is 12.2 Å². The number of nitrogens with zero attached hydrogens (tertiary/aromatic N) is 1. The average molecular weight is 467 g/mol. The summed E-state index contributed by atoms with van der Waals surface area (Å²) in [5.41, 5.74) is 5.69. The number of piperidine rings is 1. The smallest absolute Gasteiger partial charge is 0.269 e. The molecule has 9 heteroatoms. The summed E-state index contributed by atoms with van der Waals surface area (Å²) in [7, 11) is -3.56. The topological polar surface area (TPSA) is 90.5 Å². The van der Waals surface area contributed by atoms with Crippen LogP contribution in [0.15, 0.2) is 29.2 Å². The van der Waals surface area contributed by atoms with Crippen molar-refractivity contribution in [2.75, 3.05) is 13.1 Å². The first-order valence-electron chi connectivity index (χ1n) is 11.1. The summed E-state index contributed by atoms with van der Waals surface area (Å²) in [5, 5.41) is 3.66. The maximum atomic E-state index is 13.0. The number of carbonyl (C=O) groups is 1. The first-order chi connectivity index (χ1) is 14.7. The molecule has 2 aliphatic rings. The molecule has 172 valence electrons. The van der Waals surface area contributed by atoms with Gasteiger partial charge in [0.1, 0.15) is 0 Å². The van der Waals surface area contributed by atoms with Gasteiger partial charge in [0.05, 0.1) is 4.90 Å². The standard InChI is InChI=1S/C22H34N4O3S2/c1-15-12-16(2)14-26(13-15)31(28,29)19-10-8-18(9-11-19)21(27)24-25-22(30)23-20-7-5-4-6-17(20)3/h8-11,15-17,20H,4-7,12-14H2,1-3H3,(H,24,27)(H2,23,25,30). The lowest BCUT2D eigenvalue weighted by atomic mass is 9.86. The molecular formula is C22H34N4O3S2. The van der Waals surface area contributed by atoms with Crippen LogP contribution in [0.1, 0.15) is 63.2 Å². The van der Waals surface area contributed by atoms with Crippen molar-refractivity contribution < 1.29 is 13.2 Å². The molecule has 1 aromatic rings. The maximum Gasteiger partial charge on any atom is 0.269 e. The first-order valence-corrected chi connectivity index (χ1v) is 13.0. The van der Waals surface area contributed by atoms with Gasteiger partial charge in [-0.2, -0.15) is 4.31 Å². The lowest BCUT2D eigenvalue weighted by molar-refractivity contribution is 0.0943. The molecular weight excluding hydrogens is 432 g/mol. The molecule has 3 rings (SSSR count). The van der Waals surface area contributed by atoms with E-state index in [9.17, 15) is 13.2 Å². The van der Waals surface area contributed by atoms with Crippen LogP contribution in [0.2, 0.25) is 0 Å². The minimum atomic E-state index is -3.56. The SMILES string of the molecule is CC1CC(C)CN(S(=O)(=O)c2ccc(C(=O)NNC(=S)NC3CCCCC3C)cc2)C1. The first kappa shape index (κ1) is 23.9. The highest BCUT2D eigenvalue weighted by atomic mass is 32.2. The van der Waals surface area contributed by atoms with Crippen LogP contribution in [0.5, 0.6) is 0 Å². The van der Waals surface area contributed by atoms with Gasteiger partial charge in [0.25, 0.3) is 5.91 Å². The number of hydrazine groups is 1. The fourth-order valence-electron chi connectivity index (χ4n) is 4.65. The van der Waals surface area contributed by atoms with Gasteiger partial charge in [-0.1, -0.05) is 33.6 Å². The Balaban J connectivity index is 1.55. The van der Waals surface area contributed by atoms with Gasteiger partial charge in [0.15, 0.2) is 5.11 Å². The van der Waals surface area contributed by atoms with Crippen LogP contribution < -0.4 is 16.2 Å². The minimum absolute atomic E-state index is 0.210. The van der Waals surface area contributed by atoms with Crippen molar-refractivity contribution in [3.05, 3.63) is 29.8 Å². The van der Waals surface area contributed by atoms with Crippen LogP contribution in [0, 0.1) is 17.8 Å². The minimum Gasteiger partial charge on any atom is -0.358 e. The van der Waals surface area contributed by atoms with E-state index in [-0.39, 0.29) is 10.8 Å². The molecule has 1 heterocycles. The second-order valence-corrected chi connectivity index (χ2v) is 11.6. The Hall–Kier alpha value is -1.71. The Morgan fingerprint density at radius 2 is 1.61 bits per heavy atom. The summed E-state index contributed by atoms with van der Waals surface area (Å²) >= 11 is 5.30. The molecule has 7 nitrogen and oxygen atoms in total. The summed E-state index contributed by atoms with van der Waals surface area (Å²) in [6.07, 6.45) is 5.71. The van der Waals surface area contributed by atoms with Crippen LogP contribution in [0.4, 0.5) is 0 Å². The van der Waals surface area contributed by atoms with E-state index < -0.39 is 10.0 Å². The highest BCUT2D eigenvalue weighted by Gasteiger charge is 2.31. The molecule has 1 aromatic carbocycles. The normalized spacial score (nSPS) is 27.3. The third-order valence-corrected chi connectivity index (χ3v) is 8.37. The number of amides is 1. The van der Waals surface area contributed by atoms with E-state index in [2.05, 4.69) is 36.9 Å². The molecule has 4 atom stereocenters. The van der Waals surface area contributed by atoms with Gasteiger partial charge in [0.2, 0.25) is 10.0 Å². The van der Waals surface area contributed by atoms with Crippen molar-refractivity contribution in [2.45, 2.75) is 63.8 Å². The monoisotopic (exact) mass is 466 g/mol. The zero-order chi connectivity index (χ0) is 22.6. The van der Waals surface area contributed by atoms with E-state index >= 15 is 0 Å². The molecule has 4 unspecified atom stereocenters. The lowest BCUT2D eigenvalue weighted by Gasteiger charge is -2.34. The molecule has 31 heavy (non-hydrogen) atoms. The molecule has 1 amide bonds. The van der Waals surface area contributed by atoms with Gasteiger partial charge in [-0.3, -0.25) is 15.6 Å². The quantitative estimate of drug-likeness (QED) is 0.467. The van der Waals surface area contributed by atoms with Crippen molar-refractivity contribution in [1.29, 1.82) is 0 Å². The van der Waals surface area contributed by atoms with E-state index in [0.29, 0.717) is 47.6 Å². The molecule has 2 fully saturated rings. The predicted octanol–water partition coefficient (Wildman–Crippen LogP) is 3.04. The van der Waals surface area contributed by atoms with Crippen molar-refractivity contribution in [3.8, 4) is 0 Å². The number of rotatable bonds is 4. The summed E-state index contributed by atoms with van der Waals surface area (Å²) in [4.78, 5) is 12.6. The molecule has 1 saturated heterocycles. The summed E-state index contributed by atoms with van der Waals surface area (Å²) < 4.78 is 27.5. The van der Waals surface area contributed by atoms with Crippen LogP contribution in [-0.2, 0) is 10.0 Å². The van der Waals surface area contributed by atoms with Gasteiger partial charge in [0, 0.05) is 24.7 Å².